The van der Waals surface area contributed by atoms with Crippen LogP contribution in [0.1, 0.15) is 21.5 Å². The van der Waals surface area contributed by atoms with E-state index in [1.165, 1.54) is 18.2 Å². The van der Waals surface area contributed by atoms with E-state index in [0.717, 1.165) is 18.2 Å². The van der Waals surface area contributed by atoms with Gasteiger partial charge in [-0.25, -0.2) is 18.0 Å². The highest BCUT2D eigenvalue weighted by atomic mass is 19.1. The first kappa shape index (κ1) is 15.1. The number of rotatable bonds is 5. The van der Waals surface area contributed by atoms with Crippen molar-refractivity contribution < 1.29 is 23.1 Å². The van der Waals surface area contributed by atoms with Crippen LogP contribution in [0.25, 0.3) is 0 Å². The van der Waals surface area contributed by atoms with Crippen LogP contribution >= 0.6 is 0 Å². The summed E-state index contributed by atoms with van der Waals surface area (Å²) in [4.78, 5) is 10.8. The van der Waals surface area contributed by atoms with Crippen LogP contribution < -0.4 is 5.32 Å². The number of carbonyl (C=O) groups is 1. The van der Waals surface area contributed by atoms with Gasteiger partial charge in [0.25, 0.3) is 0 Å². The highest BCUT2D eigenvalue weighted by molar-refractivity contribution is 5.87. The van der Waals surface area contributed by atoms with Crippen LogP contribution in [-0.2, 0) is 13.1 Å². The standard InChI is InChI=1S/C15H12F3NO2/c16-12-3-1-10(14(18)6-12)7-19-8-11-5-9(15(20)21)2-4-13(11)17/h1-6,19H,7-8H2,(H,20,21). The van der Waals surface area contributed by atoms with Crippen LogP contribution in [0.5, 0.6) is 0 Å². The van der Waals surface area contributed by atoms with Gasteiger partial charge < -0.3 is 10.4 Å². The first-order valence-corrected chi connectivity index (χ1v) is 6.13. The fourth-order valence-electron chi connectivity index (χ4n) is 1.84. The van der Waals surface area contributed by atoms with E-state index in [1.54, 1.807) is 0 Å². The zero-order valence-corrected chi connectivity index (χ0v) is 10.9. The molecular formula is C15H12F3NO2. The van der Waals surface area contributed by atoms with Crippen LogP contribution in [0.4, 0.5) is 13.2 Å². The van der Waals surface area contributed by atoms with Gasteiger partial charge in [0, 0.05) is 30.3 Å². The number of carboxylic acid groups (broad SMARTS) is 1. The normalized spacial score (nSPS) is 10.6. The van der Waals surface area contributed by atoms with E-state index < -0.39 is 23.4 Å². The predicted molar refractivity (Wildman–Crippen MR) is 70.3 cm³/mol. The van der Waals surface area contributed by atoms with Crippen LogP contribution in [-0.4, -0.2) is 11.1 Å². The molecule has 0 heterocycles. The summed E-state index contributed by atoms with van der Waals surface area (Å²) in [7, 11) is 0. The average molecular weight is 295 g/mol. The molecule has 0 aromatic heterocycles. The number of nitrogens with one attached hydrogen (secondary N) is 1. The van der Waals surface area contributed by atoms with Gasteiger partial charge in [-0.3, -0.25) is 0 Å². The molecule has 2 aromatic carbocycles. The second-order valence-electron chi connectivity index (χ2n) is 4.45. The van der Waals surface area contributed by atoms with Gasteiger partial charge >= 0.3 is 5.97 Å². The van der Waals surface area contributed by atoms with Gasteiger partial charge in [-0.15, -0.1) is 0 Å². The van der Waals surface area contributed by atoms with Crippen molar-refractivity contribution in [3.05, 3.63) is 70.5 Å². The molecule has 0 radical (unpaired) electrons. The van der Waals surface area contributed by atoms with Crippen LogP contribution in [0.3, 0.4) is 0 Å². The van der Waals surface area contributed by atoms with Crippen molar-refractivity contribution in [1.82, 2.24) is 5.32 Å². The van der Waals surface area contributed by atoms with E-state index >= 15 is 0 Å². The van der Waals surface area contributed by atoms with E-state index in [-0.39, 0.29) is 29.8 Å². The lowest BCUT2D eigenvalue weighted by molar-refractivity contribution is 0.0696. The average Bonchev–Trinajstić information content (AvgIpc) is 2.43. The smallest absolute Gasteiger partial charge is 0.335 e. The molecule has 2 aromatic rings. The quantitative estimate of drug-likeness (QED) is 0.891. The van der Waals surface area contributed by atoms with Crippen molar-refractivity contribution >= 4 is 5.97 Å². The Morgan fingerprint density at radius 3 is 2.33 bits per heavy atom. The van der Waals surface area contributed by atoms with Crippen molar-refractivity contribution in [1.29, 1.82) is 0 Å². The molecule has 6 heteroatoms. The Morgan fingerprint density at radius 1 is 0.952 bits per heavy atom. The van der Waals surface area contributed by atoms with E-state index in [2.05, 4.69) is 5.32 Å². The number of hydrogen-bond acceptors (Lipinski definition) is 2. The second kappa shape index (κ2) is 6.41. The fourth-order valence-corrected chi connectivity index (χ4v) is 1.84. The summed E-state index contributed by atoms with van der Waals surface area (Å²) >= 11 is 0. The maximum atomic E-state index is 13.5. The lowest BCUT2D eigenvalue weighted by atomic mass is 10.1. The molecule has 110 valence electrons. The highest BCUT2D eigenvalue weighted by Gasteiger charge is 2.09. The van der Waals surface area contributed by atoms with Crippen molar-refractivity contribution in [3.63, 3.8) is 0 Å². The zero-order valence-electron chi connectivity index (χ0n) is 10.9. The maximum Gasteiger partial charge on any atom is 0.335 e. The second-order valence-corrected chi connectivity index (χ2v) is 4.45. The summed E-state index contributed by atoms with van der Waals surface area (Å²) in [5, 5.41) is 11.6. The summed E-state index contributed by atoms with van der Waals surface area (Å²) in [5.41, 5.74) is 0.379. The third kappa shape index (κ3) is 3.82. The molecule has 0 aliphatic carbocycles. The molecule has 0 saturated heterocycles. The minimum atomic E-state index is -1.15. The van der Waals surface area contributed by atoms with Gasteiger partial charge in [0.05, 0.1) is 5.56 Å². The van der Waals surface area contributed by atoms with Crippen LogP contribution in [0.15, 0.2) is 36.4 Å². The minimum Gasteiger partial charge on any atom is -0.478 e. The molecule has 21 heavy (non-hydrogen) atoms. The summed E-state index contributed by atoms with van der Waals surface area (Å²) in [6, 6.07) is 6.64. The van der Waals surface area contributed by atoms with Crippen molar-refractivity contribution in [3.8, 4) is 0 Å². The van der Waals surface area contributed by atoms with E-state index in [9.17, 15) is 18.0 Å². The van der Waals surface area contributed by atoms with Gasteiger partial charge in [0.15, 0.2) is 0 Å². The SMILES string of the molecule is O=C(O)c1ccc(F)c(CNCc2ccc(F)cc2F)c1. The largest absolute Gasteiger partial charge is 0.478 e. The van der Waals surface area contributed by atoms with E-state index in [4.69, 9.17) is 5.11 Å². The molecule has 2 rings (SSSR count). The lowest BCUT2D eigenvalue weighted by Crippen LogP contribution is -2.15. The first-order chi connectivity index (χ1) is 9.97. The van der Waals surface area contributed by atoms with Crippen molar-refractivity contribution in [2.75, 3.05) is 0 Å². The first-order valence-electron chi connectivity index (χ1n) is 6.13. The Kier molecular flexibility index (Phi) is 4.59. The molecule has 0 unspecified atom stereocenters. The molecule has 2 N–H and O–H groups in total. The molecule has 0 saturated carbocycles. The Balaban J connectivity index is 2.03. The molecule has 0 aliphatic rings. The number of carboxylic acids is 1. The monoisotopic (exact) mass is 295 g/mol. The Labute approximate surface area is 119 Å². The van der Waals surface area contributed by atoms with Crippen molar-refractivity contribution in [2.24, 2.45) is 0 Å². The lowest BCUT2D eigenvalue weighted by Gasteiger charge is -2.08. The summed E-state index contributed by atoms with van der Waals surface area (Å²) < 4.78 is 39.7. The van der Waals surface area contributed by atoms with Crippen LogP contribution in [0, 0.1) is 17.5 Å². The molecule has 0 atom stereocenters. The maximum absolute atomic E-state index is 13.5. The molecular weight excluding hydrogens is 283 g/mol. The molecule has 3 nitrogen and oxygen atoms in total. The highest BCUT2D eigenvalue weighted by Crippen LogP contribution is 2.12. The molecule has 0 amide bonds. The third-order valence-electron chi connectivity index (χ3n) is 2.94. The van der Waals surface area contributed by atoms with Gasteiger partial charge in [0.2, 0.25) is 0 Å². The summed E-state index contributed by atoms with van der Waals surface area (Å²) in [5.74, 6) is -3.06. The minimum absolute atomic E-state index is 0.0267. The van der Waals surface area contributed by atoms with Gasteiger partial charge in [0.1, 0.15) is 17.5 Å². The molecule has 0 fully saturated rings. The number of halogens is 3. The van der Waals surface area contributed by atoms with Crippen LogP contribution in [0.2, 0.25) is 0 Å². The van der Waals surface area contributed by atoms with E-state index in [1.807, 2.05) is 0 Å². The topological polar surface area (TPSA) is 49.3 Å². The Bertz CT molecular complexity index is 674. The number of aromatic carboxylic acids is 1. The summed E-state index contributed by atoms with van der Waals surface area (Å²) in [6.07, 6.45) is 0. The van der Waals surface area contributed by atoms with Crippen molar-refractivity contribution in [2.45, 2.75) is 13.1 Å². The fraction of sp³-hybridized carbons (Fsp3) is 0.133. The molecule has 0 spiro atoms. The van der Waals surface area contributed by atoms with Gasteiger partial charge in [-0.05, 0) is 24.3 Å². The van der Waals surface area contributed by atoms with Gasteiger partial charge in [-0.2, -0.15) is 0 Å². The molecule has 0 bridgehead atoms. The third-order valence-corrected chi connectivity index (χ3v) is 2.94. The summed E-state index contributed by atoms with van der Waals surface area (Å²) in [6.45, 7) is 0.104. The predicted octanol–water partition coefficient (Wildman–Crippen LogP) is 3.09. The van der Waals surface area contributed by atoms with Gasteiger partial charge in [-0.1, -0.05) is 6.07 Å². The Morgan fingerprint density at radius 2 is 1.67 bits per heavy atom. The number of benzene rings is 2. The molecule has 0 aliphatic heterocycles. The zero-order chi connectivity index (χ0) is 15.4. The van der Waals surface area contributed by atoms with E-state index in [0.29, 0.717) is 0 Å². The number of hydrogen-bond donors (Lipinski definition) is 2. The Hall–Kier alpha value is -2.34.